The molecule has 0 aliphatic heterocycles. The summed E-state index contributed by atoms with van der Waals surface area (Å²) in [5.74, 6) is -3.02. The average molecular weight is 679 g/mol. The van der Waals surface area contributed by atoms with Crippen LogP contribution in [0.1, 0.15) is 79.4 Å². The number of esters is 1. The first-order valence-corrected chi connectivity index (χ1v) is 16.4. The number of benzene rings is 2. The molecule has 0 fully saturated rings. The standard InChI is InChI=1S/C36H46N4O9/c1-5-8-10-15-29(28(6-2)35(44)40-48-22-24-13-11-9-12-14-24)34(43)38-23-39-36(45)31-17-16-30(49-31)25-18-26(20-27(19-25)47-7-3)33(42)37-21-32(41)46-4/h9,11-14,16-20,28-29H,5-8,10,15,21-23H2,1-4H3,(H,37,42)(H,38,43)(H,39,45)(H,40,44)/t28-,29-/m1/s1. The van der Waals surface area contributed by atoms with Gasteiger partial charge in [-0.3, -0.25) is 28.8 Å². The number of hydrogen-bond donors (Lipinski definition) is 4. The fourth-order valence-corrected chi connectivity index (χ4v) is 5.12. The second kappa shape index (κ2) is 20.3. The van der Waals surface area contributed by atoms with Crippen LogP contribution in [-0.4, -0.2) is 56.5 Å². The van der Waals surface area contributed by atoms with Crippen molar-refractivity contribution in [2.45, 2.75) is 59.5 Å². The summed E-state index contributed by atoms with van der Waals surface area (Å²) < 4.78 is 16.0. The van der Waals surface area contributed by atoms with Crippen LogP contribution in [0.3, 0.4) is 0 Å². The van der Waals surface area contributed by atoms with Gasteiger partial charge in [0.15, 0.2) is 5.76 Å². The summed E-state index contributed by atoms with van der Waals surface area (Å²) in [6, 6.07) is 17.2. The van der Waals surface area contributed by atoms with Gasteiger partial charge < -0.3 is 29.8 Å². The molecule has 0 aliphatic carbocycles. The van der Waals surface area contributed by atoms with Crippen molar-refractivity contribution in [2.24, 2.45) is 11.8 Å². The normalized spacial score (nSPS) is 11.9. The Labute approximate surface area is 286 Å². The molecule has 0 saturated carbocycles. The van der Waals surface area contributed by atoms with E-state index in [1.54, 1.807) is 25.1 Å². The van der Waals surface area contributed by atoms with Crippen LogP contribution >= 0.6 is 0 Å². The SMILES string of the molecule is CCCCC[C@@H](C(=O)NCNC(=O)c1ccc(-c2cc(OCC)cc(C(=O)NCC(=O)OC)c2)o1)[C@@H](CC)C(=O)NOCc1ccccc1. The maximum atomic E-state index is 13.3. The molecule has 0 bridgehead atoms. The molecule has 4 amide bonds. The van der Waals surface area contributed by atoms with Crippen molar-refractivity contribution in [2.75, 3.05) is 26.9 Å². The topological polar surface area (TPSA) is 174 Å². The minimum atomic E-state index is -0.629. The van der Waals surface area contributed by atoms with Crippen molar-refractivity contribution in [1.82, 2.24) is 21.4 Å². The second-order valence-electron chi connectivity index (χ2n) is 11.2. The van der Waals surface area contributed by atoms with Crippen LogP contribution in [0, 0.1) is 11.8 Å². The number of nitrogens with one attached hydrogen (secondary N) is 4. The summed E-state index contributed by atoms with van der Waals surface area (Å²) in [6.07, 6.45) is 3.56. The Bertz CT molecular complexity index is 1540. The van der Waals surface area contributed by atoms with E-state index in [-0.39, 0.29) is 43.0 Å². The van der Waals surface area contributed by atoms with E-state index in [0.29, 0.717) is 36.5 Å². The lowest BCUT2D eigenvalue weighted by Gasteiger charge is -2.24. The monoisotopic (exact) mass is 678 g/mol. The minimum Gasteiger partial charge on any atom is -0.494 e. The predicted octanol–water partition coefficient (Wildman–Crippen LogP) is 4.52. The van der Waals surface area contributed by atoms with Gasteiger partial charge in [0.05, 0.1) is 32.9 Å². The third kappa shape index (κ3) is 12.1. The molecule has 2 atom stereocenters. The lowest BCUT2D eigenvalue weighted by atomic mass is 9.84. The molecular weight excluding hydrogens is 632 g/mol. The zero-order valence-electron chi connectivity index (χ0n) is 28.5. The number of ether oxygens (including phenoxy) is 2. The molecule has 1 heterocycles. The molecule has 3 rings (SSSR count). The van der Waals surface area contributed by atoms with Crippen molar-refractivity contribution in [3.05, 3.63) is 77.6 Å². The number of methoxy groups -OCH3 is 1. The molecule has 2 aromatic carbocycles. The first-order valence-electron chi connectivity index (χ1n) is 16.4. The van der Waals surface area contributed by atoms with Gasteiger partial charge in [0.25, 0.3) is 11.8 Å². The molecule has 0 radical (unpaired) electrons. The summed E-state index contributed by atoms with van der Waals surface area (Å²) in [4.78, 5) is 68.9. The summed E-state index contributed by atoms with van der Waals surface area (Å²) in [5.41, 5.74) is 4.08. The van der Waals surface area contributed by atoms with Crippen molar-refractivity contribution in [3.8, 4) is 17.1 Å². The molecule has 0 unspecified atom stereocenters. The largest absolute Gasteiger partial charge is 0.494 e. The lowest BCUT2D eigenvalue weighted by molar-refractivity contribution is -0.144. The zero-order chi connectivity index (χ0) is 35.6. The smallest absolute Gasteiger partial charge is 0.325 e. The van der Waals surface area contributed by atoms with Gasteiger partial charge in [-0.25, -0.2) is 5.48 Å². The first-order chi connectivity index (χ1) is 23.7. The number of hydroxylamine groups is 1. The molecule has 264 valence electrons. The number of carbonyl (C=O) groups excluding carboxylic acids is 5. The highest BCUT2D eigenvalue weighted by atomic mass is 16.6. The maximum Gasteiger partial charge on any atom is 0.325 e. The van der Waals surface area contributed by atoms with Gasteiger partial charge in [-0.2, -0.15) is 0 Å². The third-order valence-corrected chi connectivity index (χ3v) is 7.70. The van der Waals surface area contributed by atoms with Crippen LogP contribution in [0.25, 0.3) is 11.3 Å². The van der Waals surface area contributed by atoms with Crippen LogP contribution in [0.15, 0.2) is 65.1 Å². The van der Waals surface area contributed by atoms with Gasteiger partial charge in [0.1, 0.15) is 18.1 Å². The van der Waals surface area contributed by atoms with E-state index < -0.39 is 29.6 Å². The summed E-state index contributed by atoms with van der Waals surface area (Å²) in [6.45, 7) is 5.75. The van der Waals surface area contributed by atoms with Gasteiger partial charge in [-0.1, -0.05) is 63.4 Å². The lowest BCUT2D eigenvalue weighted by Crippen LogP contribution is -2.45. The summed E-state index contributed by atoms with van der Waals surface area (Å²) in [7, 11) is 1.22. The number of rotatable bonds is 20. The molecule has 0 aliphatic rings. The molecule has 1 aromatic heterocycles. The Balaban J connectivity index is 1.62. The van der Waals surface area contributed by atoms with Crippen LogP contribution in [0.5, 0.6) is 5.75 Å². The molecule has 3 aromatic rings. The van der Waals surface area contributed by atoms with E-state index >= 15 is 0 Å². The number of carbonyl (C=O) groups is 5. The van der Waals surface area contributed by atoms with E-state index in [1.807, 2.05) is 37.3 Å². The summed E-state index contributed by atoms with van der Waals surface area (Å²) in [5, 5.41) is 7.85. The Morgan fingerprint density at radius 2 is 1.59 bits per heavy atom. The number of amides is 4. The van der Waals surface area contributed by atoms with Gasteiger partial charge >= 0.3 is 5.97 Å². The highest BCUT2D eigenvalue weighted by Gasteiger charge is 2.32. The van der Waals surface area contributed by atoms with Gasteiger partial charge in [-0.05, 0) is 55.7 Å². The average Bonchev–Trinajstić information content (AvgIpc) is 3.61. The Kier molecular flexibility index (Phi) is 15.8. The molecule has 4 N–H and O–H groups in total. The molecule has 0 spiro atoms. The van der Waals surface area contributed by atoms with Crippen LogP contribution in [0.4, 0.5) is 0 Å². The van der Waals surface area contributed by atoms with Gasteiger partial charge in [-0.15, -0.1) is 0 Å². The first kappa shape index (κ1) is 38.3. The molecule has 13 heteroatoms. The second-order valence-corrected chi connectivity index (χ2v) is 11.2. The molecule has 0 saturated heterocycles. The van der Waals surface area contributed by atoms with E-state index in [9.17, 15) is 24.0 Å². The van der Waals surface area contributed by atoms with Crippen LogP contribution in [-0.2, 0) is 30.6 Å². The predicted molar refractivity (Wildman–Crippen MR) is 181 cm³/mol. The third-order valence-electron chi connectivity index (χ3n) is 7.70. The van der Waals surface area contributed by atoms with Crippen molar-refractivity contribution >= 4 is 29.6 Å². The van der Waals surface area contributed by atoms with Crippen molar-refractivity contribution < 1.29 is 42.7 Å². The number of unbranched alkanes of at least 4 members (excludes halogenated alkanes) is 2. The number of furan rings is 1. The maximum absolute atomic E-state index is 13.3. The van der Waals surface area contributed by atoms with E-state index in [2.05, 4.69) is 33.1 Å². The number of hydrogen-bond acceptors (Lipinski definition) is 9. The summed E-state index contributed by atoms with van der Waals surface area (Å²) >= 11 is 0. The minimum absolute atomic E-state index is 0.0244. The molecule has 13 nitrogen and oxygen atoms in total. The van der Waals surface area contributed by atoms with E-state index in [4.69, 9.17) is 14.0 Å². The van der Waals surface area contributed by atoms with Gasteiger partial charge in [0, 0.05) is 17.0 Å². The Morgan fingerprint density at radius 1 is 0.816 bits per heavy atom. The zero-order valence-corrected chi connectivity index (χ0v) is 28.5. The van der Waals surface area contributed by atoms with E-state index in [0.717, 1.165) is 24.8 Å². The van der Waals surface area contributed by atoms with Crippen molar-refractivity contribution in [1.29, 1.82) is 0 Å². The van der Waals surface area contributed by atoms with E-state index in [1.165, 1.54) is 19.2 Å². The fourth-order valence-electron chi connectivity index (χ4n) is 5.12. The van der Waals surface area contributed by atoms with Crippen LogP contribution < -0.4 is 26.2 Å². The highest BCUT2D eigenvalue weighted by molar-refractivity contribution is 5.97. The van der Waals surface area contributed by atoms with Crippen molar-refractivity contribution in [3.63, 3.8) is 0 Å². The molecule has 49 heavy (non-hydrogen) atoms. The van der Waals surface area contributed by atoms with Gasteiger partial charge in [0.2, 0.25) is 11.8 Å². The molecular formula is C36H46N4O9. The van der Waals surface area contributed by atoms with Crippen LogP contribution in [0.2, 0.25) is 0 Å². The Morgan fingerprint density at radius 3 is 2.29 bits per heavy atom. The quantitative estimate of drug-likeness (QED) is 0.0580. The Hall–Kier alpha value is -5.17. The highest BCUT2D eigenvalue weighted by Crippen LogP contribution is 2.28. The fraction of sp³-hybridized carbons (Fsp3) is 0.417.